The molecule has 2 aromatic rings. The molecule has 7 heteroatoms. The zero-order valence-corrected chi connectivity index (χ0v) is 17.8. The van der Waals surface area contributed by atoms with Crippen LogP contribution in [0.2, 0.25) is 0 Å². The highest BCUT2D eigenvalue weighted by atomic mass is 19.1. The van der Waals surface area contributed by atoms with Crippen LogP contribution < -0.4 is 10.1 Å². The Hall–Kier alpha value is -2.48. The zero-order chi connectivity index (χ0) is 22.1. The lowest BCUT2D eigenvalue weighted by atomic mass is 9.79. The standard InChI is InChI=1S/C24H30FNO5/c1-29-17-31-21-8-6-19(7-9-21)23(27)26-16-24(28)12-10-18(11-13-24)14-30-15-20-4-2-3-5-22(20)25/h2-9,18,28H,10-17H2,1H3,(H,26,27)/t18-,24+. The third kappa shape index (κ3) is 7.02. The van der Waals surface area contributed by atoms with Crippen LogP contribution in [0.25, 0.3) is 0 Å². The van der Waals surface area contributed by atoms with Gasteiger partial charge in [-0.15, -0.1) is 0 Å². The molecule has 31 heavy (non-hydrogen) atoms. The topological polar surface area (TPSA) is 77.0 Å². The number of amides is 1. The summed E-state index contributed by atoms with van der Waals surface area (Å²) in [5.74, 6) is 0.449. The predicted molar refractivity (Wildman–Crippen MR) is 114 cm³/mol. The third-order valence-corrected chi connectivity index (χ3v) is 5.64. The molecule has 0 spiro atoms. The number of benzene rings is 2. The van der Waals surface area contributed by atoms with E-state index in [9.17, 15) is 14.3 Å². The van der Waals surface area contributed by atoms with Gasteiger partial charge in [0, 0.05) is 31.4 Å². The molecule has 6 nitrogen and oxygen atoms in total. The minimum absolute atomic E-state index is 0.147. The Morgan fingerprint density at radius 3 is 2.55 bits per heavy atom. The van der Waals surface area contributed by atoms with E-state index in [2.05, 4.69) is 5.32 Å². The average Bonchev–Trinajstić information content (AvgIpc) is 2.79. The molecule has 1 amide bonds. The summed E-state index contributed by atoms with van der Waals surface area (Å²) >= 11 is 0. The van der Waals surface area contributed by atoms with Crippen LogP contribution in [-0.4, -0.2) is 43.7 Å². The summed E-state index contributed by atoms with van der Waals surface area (Å²) in [5.41, 5.74) is 0.138. The maximum atomic E-state index is 13.6. The van der Waals surface area contributed by atoms with Crippen LogP contribution in [0.3, 0.4) is 0 Å². The number of nitrogens with one attached hydrogen (secondary N) is 1. The normalized spacial score (nSPS) is 20.9. The molecule has 0 aliphatic heterocycles. The molecule has 1 fully saturated rings. The first-order valence-corrected chi connectivity index (χ1v) is 10.5. The fourth-order valence-corrected chi connectivity index (χ4v) is 3.69. The van der Waals surface area contributed by atoms with Crippen LogP contribution in [0.4, 0.5) is 4.39 Å². The maximum Gasteiger partial charge on any atom is 0.251 e. The molecule has 3 rings (SSSR count). The van der Waals surface area contributed by atoms with Crippen molar-refractivity contribution in [3.8, 4) is 5.75 Å². The van der Waals surface area contributed by atoms with Crippen molar-refractivity contribution < 1.29 is 28.5 Å². The average molecular weight is 432 g/mol. The van der Waals surface area contributed by atoms with Gasteiger partial charge in [-0.3, -0.25) is 4.79 Å². The summed E-state index contributed by atoms with van der Waals surface area (Å²) in [7, 11) is 1.54. The fraction of sp³-hybridized carbons (Fsp3) is 0.458. The summed E-state index contributed by atoms with van der Waals surface area (Å²) in [6.07, 6.45) is 2.78. The van der Waals surface area contributed by atoms with Crippen molar-refractivity contribution in [1.82, 2.24) is 5.32 Å². The van der Waals surface area contributed by atoms with Crippen LogP contribution >= 0.6 is 0 Å². The first-order chi connectivity index (χ1) is 15.0. The van der Waals surface area contributed by atoms with Gasteiger partial charge in [-0.1, -0.05) is 18.2 Å². The smallest absolute Gasteiger partial charge is 0.251 e. The molecule has 0 saturated heterocycles. The first kappa shape index (κ1) is 23.2. The number of halogens is 1. The van der Waals surface area contributed by atoms with E-state index in [-0.39, 0.29) is 31.7 Å². The number of hydrogen-bond donors (Lipinski definition) is 2. The molecule has 1 aliphatic carbocycles. The predicted octanol–water partition coefficient (Wildman–Crippen LogP) is 3.68. The van der Waals surface area contributed by atoms with Gasteiger partial charge in [-0.25, -0.2) is 4.39 Å². The summed E-state index contributed by atoms with van der Waals surface area (Å²) in [5, 5.41) is 13.7. The summed E-state index contributed by atoms with van der Waals surface area (Å²) in [6.45, 7) is 1.14. The van der Waals surface area contributed by atoms with E-state index in [0.29, 0.717) is 42.2 Å². The SMILES string of the molecule is COCOc1ccc(C(=O)NC[C@]2(O)CC[C@@H](COCc3ccccc3F)CC2)cc1. The quantitative estimate of drug-likeness (QED) is 0.562. The van der Waals surface area contributed by atoms with Crippen LogP contribution in [-0.2, 0) is 16.1 Å². The van der Waals surface area contributed by atoms with Crippen molar-refractivity contribution >= 4 is 5.91 Å². The Balaban J connectivity index is 1.38. The second kappa shape index (κ2) is 11.2. The minimum Gasteiger partial charge on any atom is -0.468 e. The van der Waals surface area contributed by atoms with E-state index in [1.165, 1.54) is 6.07 Å². The molecule has 0 unspecified atom stereocenters. The van der Waals surface area contributed by atoms with E-state index in [1.54, 1.807) is 49.6 Å². The Morgan fingerprint density at radius 1 is 1.16 bits per heavy atom. The van der Waals surface area contributed by atoms with Gasteiger partial charge in [0.25, 0.3) is 5.91 Å². The molecular weight excluding hydrogens is 401 g/mol. The van der Waals surface area contributed by atoms with Crippen molar-refractivity contribution in [3.05, 3.63) is 65.5 Å². The summed E-state index contributed by atoms with van der Waals surface area (Å²) in [6, 6.07) is 13.4. The van der Waals surface area contributed by atoms with Gasteiger partial charge in [0.15, 0.2) is 6.79 Å². The van der Waals surface area contributed by atoms with E-state index < -0.39 is 5.60 Å². The molecule has 0 radical (unpaired) electrons. The maximum absolute atomic E-state index is 13.6. The first-order valence-electron chi connectivity index (χ1n) is 10.5. The lowest BCUT2D eigenvalue weighted by molar-refractivity contribution is -0.0240. The molecule has 0 bridgehead atoms. The molecule has 2 N–H and O–H groups in total. The van der Waals surface area contributed by atoms with Gasteiger partial charge in [0.1, 0.15) is 11.6 Å². The van der Waals surface area contributed by atoms with E-state index in [4.69, 9.17) is 14.2 Å². The molecule has 168 valence electrons. The molecule has 0 heterocycles. The number of carbonyl (C=O) groups excluding carboxylic acids is 1. The fourth-order valence-electron chi connectivity index (χ4n) is 3.69. The third-order valence-electron chi connectivity index (χ3n) is 5.64. The number of methoxy groups -OCH3 is 1. The van der Waals surface area contributed by atoms with Crippen molar-refractivity contribution in [1.29, 1.82) is 0 Å². The number of hydrogen-bond acceptors (Lipinski definition) is 5. The van der Waals surface area contributed by atoms with Crippen LogP contribution in [0.1, 0.15) is 41.6 Å². The lowest BCUT2D eigenvalue weighted by Gasteiger charge is -2.36. The van der Waals surface area contributed by atoms with Crippen molar-refractivity contribution in [2.75, 3.05) is 27.1 Å². The zero-order valence-electron chi connectivity index (χ0n) is 17.8. The number of ether oxygens (including phenoxy) is 3. The van der Waals surface area contributed by atoms with Crippen LogP contribution in [0.5, 0.6) is 5.75 Å². The number of carbonyl (C=O) groups is 1. The largest absolute Gasteiger partial charge is 0.468 e. The van der Waals surface area contributed by atoms with Crippen molar-refractivity contribution in [3.63, 3.8) is 0 Å². The second-order valence-electron chi connectivity index (χ2n) is 8.03. The molecule has 1 aliphatic rings. The monoisotopic (exact) mass is 431 g/mol. The molecule has 0 aromatic heterocycles. The highest BCUT2D eigenvalue weighted by Gasteiger charge is 2.33. The van der Waals surface area contributed by atoms with Gasteiger partial charge in [-0.05, 0) is 61.9 Å². The Bertz CT molecular complexity index is 834. The van der Waals surface area contributed by atoms with Crippen molar-refractivity contribution in [2.45, 2.75) is 37.9 Å². The van der Waals surface area contributed by atoms with Crippen molar-refractivity contribution in [2.24, 2.45) is 5.92 Å². The van der Waals surface area contributed by atoms with Gasteiger partial charge in [-0.2, -0.15) is 0 Å². The van der Waals surface area contributed by atoms with E-state index in [1.807, 2.05) is 0 Å². The van der Waals surface area contributed by atoms with Gasteiger partial charge >= 0.3 is 0 Å². The molecule has 1 saturated carbocycles. The molecular formula is C24H30FNO5. The van der Waals surface area contributed by atoms with E-state index >= 15 is 0 Å². The molecule has 2 aromatic carbocycles. The van der Waals surface area contributed by atoms with Gasteiger partial charge < -0.3 is 24.6 Å². The number of rotatable bonds is 10. The molecule has 0 atom stereocenters. The highest BCUT2D eigenvalue weighted by Crippen LogP contribution is 2.32. The van der Waals surface area contributed by atoms with Crippen LogP contribution in [0.15, 0.2) is 48.5 Å². The lowest BCUT2D eigenvalue weighted by Crippen LogP contribution is -2.45. The summed E-state index contributed by atoms with van der Waals surface area (Å²) in [4.78, 5) is 12.4. The Labute approximate surface area is 182 Å². The number of aliphatic hydroxyl groups is 1. The Morgan fingerprint density at radius 2 is 1.87 bits per heavy atom. The van der Waals surface area contributed by atoms with E-state index in [0.717, 1.165) is 12.8 Å². The minimum atomic E-state index is -0.917. The second-order valence-corrected chi connectivity index (χ2v) is 8.03. The Kier molecular flexibility index (Phi) is 8.40. The van der Waals surface area contributed by atoms with Gasteiger partial charge in [0.2, 0.25) is 0 Å². The summed E-state index contributed by atoms with van der Waals surface area (Å²) < 4.78 is 29.5. The highest BCUT2D eigenvalue weighted by molar-refractivity contribution is 5.94. The van der Waals surface area contributed by atoms with Gasteiger partial charge in [0.05, 0.1) is 12.2 Å². The van der Waals surface area contributed by atoms with Crippen LogP contribution in [0, 0.1) is 11.7 Å².